The van der Waals surface area contributed by atoms with Crippen LogP contribution < -0.4 is 5.73 Å². The van der Waals surface area contributed by atoms with E-state index >= 15 is 0 Å². The number of hydrogen-bond donors (Lipinski definition) is 2. The lowest BCUT2D eigenvalue weighted by Gasteiger charge is -2.08. The number of aromatic nitrogens is 2. The van der Waals surface area contributed by atoms with Crippen molar-refractivity contribution in [2.24, 2.45) is 12.8 Å². The Balaban J connectivity index is 0.00000144. The van der Waals surface area contributed by atoms with Gasteiger partial charge < -0.3 is 10.8 Å². The fourth-order valence-corrected chi connectivity index (χ4v) is 1.49. The Labute approximate surface area is 91.7 Å². The highest BCUT2D eigenvalue weighted by Gasteiger charge is 2.09. The number of hydrogen-bond acceptors (Lipinski definition) is 3. The maximum absolute atomic E-state index is 8.75. The summed E-state index contributed by atoms with van der Waals surface area (Å²) in [5.74, 6) is 0. The smallest absolute Gasteiger partial charge is 0.0635 e. The SMILES string of the molecule is Cl.Cn1ncc(Br)c1CC(N)CO. The molecule has 1 rings (SSSR count). The molecule has 0 aliphatic heterocycles. The zero-order chi connectivity index (χ0) is 9.14. The van der Waals surface area contributed by atoms with E-state index in [-0.39, 0.29) is 25.1 Å². The molecule has 13 heavy (non-hydrogen) atoms. The van der Waals surface area contributed by atoms with E-state index in [0.717, 1.165) is 10.2 Å². The average molecular weight is 271 g/mol. The Bertz CT molecular complexity index is 247. The van der Waals surface area contributed by atoms with Crippen LogP contribution in [0.1, 0.15) is 5.69 Å². The summed E-state index contributed by atoms with van der Waals surface area (Å²) >= 11 is 3.35. The third kappa shape index (κ3) is 3.27. The predicted octanol–water partition coefficient (Wildman–Crippen LogP) is 0.466. The topological polar surface area (TPSA) is 64.1 Å². The molecule has 1 atom stereocenters. The molecule has 3 N–H and O–H groups in total. The third-order valence-electron chi connectivity index (χ3n) is 1.70. The van der Waals surface area contributed by atoms with Gasteiger partial charge in [-0.2, -0.15) is 5.10 Å². The Morgan fingerprint density at radius 2 is 2.38 bits per heavy atom. The van der Waals surface area contributed by atoms with E-state index in [9.17, 15) is 0 Å². The normalized spacial score (nSPS) is 12.3. The summed E-state index contributed by atoms with van der Waals surface area (Å²) in [6, 6.07) is -0.211. The highest BCUT2D eigenvalue weighted by molar-refractivity contribution is 9.10. The summed E-state index contributed by atoms with van der Waals surface area (Å²) in [6.07, 6.45) is 2.35. The number of aryl methyl sites for hydroxylation is 1. The first-order chi connectivity index (χ1) is 5.65. The minimum Gasteiger partial charge on any atom is -0.395 e. The van der Waals surface area contributed by atoms with Crippen LogP contribution in [-0.2, 0) is 13.5 Å². The van der Waals surface area contributed by atoms with Gasteiger partial charge in [-0.1, -0.05) is 0 Å². The molecule has 1 unspecified atom stereocenters. The van der Waals surface area contributed by atoms with Gasteiger partial charge in [-0.25, -0.2) is 0 Å². The Morgan fingerprint density at radius 3 is 2.77 bits per heavy atom. The van der Waals surface area contributed by atoms with Crippen molar-refractivity contribution in [2.75, 3.05) is 6.61 Å². The van der Waals surface area contributed by atoms with Crippen LogP contribution in [0.5, 0.6) is 0 Å². The molecular formula is C7H13BrClN3O. The van der Waals surface area contributed by atoms with Gasteiger partial charge in [0, 0.05) is 19.5 Å². The van der Waals surface area contributed by atoms with E-state index in [0.29, 0.717) is 6.42 Å². The zero-order valence-corrected chi connectivity index (χ0v) is 9.68. The van der Waals surface area contributed by atoms with Crippen LogP contribution >= 0.6 is 28.3 Å². The minimum absolute atomic E-state index is 0. The van der Waals surface area contributed by atoms with Gasteiger partial charge >= 0.3 is 0 Å². The van der Waals surface area contributed by atoms with Gasteiger partial charge in [-0.15, -0.1) is 12.4 Å². The standard InChI is InChI=1S/C7H12BrN3O.ClH/c1-11-7(2-5(9)4-12)6(8)3-10-11;/h3,5,12H,2,4,9H2,1H3;1H. The maximum Gasteiger partial charge on any atom is 0.0635 e. The molecule has 76 valence electrons. The Hall–Kier alpha value is -0.100. The summed E-state index contributed by atoms with van der Waals surface area (Å²) < 4.78 is 2.69. The number of halogens is 2. The largest absolute Gasteiger partial charge is 0.395 e. The molecule has 0 spiro atoms. The second kappa shape index (κ2) is 5.59. The van der Waals surface area contributed by atoms with Crippen LogP contribution in [0.4, 0.5) is 0 Å². The van der Waals surface area contributed by atoms with Crippen molar-refractivity contribution < 1.29 is 5.11 Å². The molecule has 1 aromatic rings. The first-order valence-electron chi connectivity index (χ1n) is 3.68. The van der Waals surface area contributed by atoms with E-state index < -0.39 is 0 Å². The molecule has 0 aromatic carbocycles. The summed E-state index contributed by atoms with van der Waals surface area (Å²) in [5, 5.41) is 12.8. The van der Waals surface area contributed by atoms with Crippen molar-refractivity contribution in [3.05, 3.63) is 16.4 Å². The summed E-state index contributed by atoms with van der Waals surface area (Å²) in [5.41, 5.74) is 6.60. The van der Waals surface area contributed by atoms with Crippen LogP contribution in [0.15, 0.2) is 10.7 Å². The van der Waals surface area contributed by atoms with Gasteiger partial charge in [0.1, 0.15) is 0 Å². The van der Waals surface area contributed by atoms with Crippen LogP contribution in [0.2, 0.25) is 0 Å². The average Bonchev–Trinajstić information content (AvgIpc) is 2.35. The highest BCUT2D eigenvalue weighted by atomic mass is 79.9. The summed E-state index contributed by atoms with van der Waals surface area (Å²) in [7, 11) is 1.85. The van der Waals surface area contributed by atoms with E-state index in [1.165, 1.54) is 0 Å². The molecule has 4 nitrogen and oxygen atoms in total. The molecule has 0 saturated carbocycles. The zero-order valence-electron chi connectivity index (χ0n) is 7.27. The second-order valence-corrected chi connectivity index (χ2v) is 3.56. The first kappa shape index (κ1) is 12.9. The van der Waals surface area contributed by atoms with Crippen molar-refractivity contribution in [1.29, 1.82) is 0 Å². The van der Waals surface area contributed by atoms with Gasteiger partial charge in [0.2, 0.25) is 0 Å². The fraction of sp³-hybridized carbons (Fsp3) is 0.571. The van der Waals surface area contributed by atoms with Crippen LogP contribution in [0.3, 0.4) is 0 Å². The Morgan fingerprint density at radius 1 is 1.77 bits per heavy atom. The lowest BCUT2D eigenvalue weighted by molar-refractivity contribution is 0.263. The molecule has 1 heterocycles. The van der Waals surface area contributed by atoms with Gasteiger partial charge in [0.15, 0.2) is 0 Å². The van der Waals surface area contributed by atoms with Crippen LogP contribution in [0, 0.1) is 0 Å². The van der Waals surface area contributed by atoms with Crippen molar-refractivity contribution in [3.8, 4) is 0 Å². The molecule has 0 bridgehead atoms. The first-order valence-corrected chi connectivity index (χ1v) is 4.47. The van der Waals surface area contributed by atoms with Crippen LogP contribution in [-0.4, -0.2) is 27.5 Å². The lowest BCUT2D eigenvalue weighted by Crippen LogP contribution is -2.28. The van der Waals surface area contributed by atoms with Crippen molar-refractivity contribution in [2.45, 2.75) is 12.5 Å². The predicted molar refractivity (Wildman–Crippen MR) is 56.9 cm³/mol. The second-order valence-electron chi connectivity index (χ2n) is 2.71. The van der Waals surface area contributed by atoms with Gasteiger partial charge in [0.25, 0.3) is 0 Å². The van der Waals surface area contributed by atoms with Crippen LogP contribution in [0.25, 0.3) is 0 Å². The summed E-state index contributed by atoms with van der Waals surface area (Å²) in [6.45, 7) is -0.00236. The molecule has 0 aliphatic rings. The monoisotopic (exact) mass is 269 g/mol. The quantitative estimate of drug-likeness (QED) is 0.839. The summed E-state index contributed by atoms with van der Waals surface area (Å²) in [4.78, 5) is 0. The molecule has 0 fully saturated rings. The van der Waals surface area contributed by atoms with Crippen molar-refractivity contribution >= 4 is 28.3 Å². The molecule has 0 radical (unpaired) electrons. The lowest BCUT2D eigenvalue weighted by atomic mass is 10.2. The Kier molecular flexibility index (Phi) is 5.55. The van der Waals surface area contributed by atoms with E-state index in [1.54, 1.807) is 10.9 Å². The number of aliphatic hydroxyl groups is 1. The molecule has 1 aromatic heterocycles. The molecular weight excluding hydrogens is 257 g/mol. The number of rotatable bonds is 3. The van der Waals surface area contributed by atoms with Gasteiger partial charge in [-0.05, 0) is 15.9 Å². The van der Waals surface area contributed by atoms with Gasteiger partial charge in [0.05, 0.1) is 23.0 Å². The highest BCUT2D eigenvalue weighted by Crippen LogP contribution is 2.15. The molecule has 0 saturated heterocycles. The number of nitrogens with zero attached hydrogens (tertiary/aromatic N) is 2. The van der Waals surface area contributed by atoms with Crippen molar-refractivity contribution in [1.82, 2.24) is 9.78 Å². The van der Waals surface area contributed by atoms with Gasteiger partial charge in [-0.3, -0.25) is 4.68 Å². The third-order valence-corrected chi connectivity index (χ3v) is 2.36. The minimum atomic E-state index is -0.211. The fourth-order valence-electron chi connectivity index (χ4n) is 0.979. The van der Waals surface area contributed by atoms with E-state index in [2.05, 4.69) is 21.0 Å². The molecule has 0 aliphatic carbocycles. The number of nitrogens with two attached hydrogens (primary N) is 1. The van der Waals surface area contributed by atoms with Crippen molar-refractivity contribution in [3.63, 3.8) is 0 Å². The number of aliphatic hydroxyl groups excluding tert-OH is 1. The van der Waals surface area contributed by atoms with E-state index in [1.807, 2.05) is 7.05 Å². The molecule has 6 heteroatoms. The molecule has 0 amide bonds. The maximum atomic E-state index is 8.75. The van der Waals surface area contributed by atoms with E-state index in [4.69, 9.17) is 10.8 Å².